The fraction of sp³-hybridized carbons (Fsp3) is 0.739. The molecule has 3 heterocycles. The number of halogens is 2. The Morgan fingerprint density at radius 2 is 2.12 bits per heavy atom. The number of fused-ring (bicyclic) bond motifs is 1. The first-order valence-corrected chi connectivity index (χ1v) is 11.9. The standard InChI is InChI=1S/C23H32F2N6O2/c1-22(24,25)20-10-19(29-33-20)23-11-16(23)13-31(14-23)8-7-15-3-5-17(6-4-15)27-21(32)9-18-12-26-30(2)28-18/h10,12,15-17H,3-9,11,13-14H2,1-2H3,(H,27,32)/t15?,16-,17?,23-/m0/s1. The van der Waals surface area contributed by atoms with Crippen molar-refractivity contribution in [3.05, 3.63) is 29.4 Å². The maximum atomic E-state index is 13.5. The van der Waals surface area contributed by atoms with Crippen LogP contribution in [0.25, 0.3) is 0 Å². The van der Waals surface area contributed by atoms with Crippen molar-refractivity contribution in [3.8, 4) is 0 Å². The third-order valence-electron chi connectivity index (χ3n) is 7.72. The maximum Gasteiger partial charge on any atom is 0.304 e. The second kappa shape index (κ2) is 8.45. The molecule has 8 nitrogen and oxygen atoms in total. The lowest BCUT2D eigenvalue weighted by atomic mass is 9.84. The van der Waals surface area contributed by atoms with E-state index in [0.29, 0.717) is 23.2 Å². The Morgan fingerprint density at radius 3 is 2.79 bits per heavy atom. The Morgan fingerprint density at radius 1 is 1.33 bits per heavy atom. The molecule has 180 valence electrons. The minimum atomic E-state index is -2.99. The fourth-order valence-electron chi connectivity index (χ4n) is 5.74. The Labute approximate surface area is 192 Å². The molecule has 5 rings (SSSR count). The quantitative estimate of drug-likeness (QED) is 0.649. The summed E-state index contributed by atoms with van der Waals surface area (Å²) in [5, 5.41) is 15.3. The molecule has 2 atom stereocenters. The summed E-state index contributed by atoms with van der Waals surface area (Å²) < 4.78 is 32.0. The number of carbonyl (C=O) groups is 1. The lowest BCUT2D eigenvalue weighted by molar-refractivity contribution is -0.121. The highest BCUT2D eigenvalue weighted by Gasteiger charge is 2.62. The zero-order valence-electron chi connectivity index (χ0n) is 19.3. The van der Waals surface area contributed by atoms with E-state index in [1.807, 2.05) is 0 Å². The summed E-state index contributed by atoms with van der Waals surface area (Å²) in [4.78, 5) is 16.2. The van der Waals surface area contributed by atoms with Gasteiger partial charge < -0.3 is 14.7 Å². The number of likely N-dealkylation sites (tertiary alicyclic amines) is 1. The average Bonchev–Trinajstić information content (AvgIpc) is 3.18. The van der Waals surface area contributed by atoms with E-state index in [1.54, 1.807) is 13.2 Å². The summed E-state index contributed by atoms with van der Waals surface area (Å²) >= 11 is 0. The summed E-state index contributed by atoms with van der Waals surface area (Å²) in [5.74, 6) is -2.14. The van der Waals surface area contributed by atoms with Crippen molar-refractivity contribution in [1.29, 1.82) is 0 Å². The summed E-state index contributed by atoms with van der Waals surface area (Å²) in [5.41, 5.74) is 1.30. The number of alkyl halides is 2. The minimum absolute atomic E-state index is 0.0115. The molecule has 2 aromatic rings. The van der Waals surface area contributed by atoms with E-state index in [4.69, 9.17) is 4.52 Å². The second-order valence-electron chi connectivity index (χ2n) is 10.3. The number of hydrogen-bond acceptors (Lipinski definition) is 6. The lowest BCUT2D eigenvalue weighted by Crippen LogP contribution is -2.39. The number of nitrogens with zero attached hydrogens (tertiary/aromatic N) is 5. The van der Waals surface area contributed by atoms with E-state index in [1.165, 1.54) is 10.9 Å². The monoisotopic (exact) mass is 462 g/mol. The molecule has 2 aromatic heterocycles. The molecule has 0 spiro atoms. The molecule has 10 heteroatoms. The number of hydrogen-bond donors (Lipinski definition) is 1. The first-order valence-electron chi connectivity index (χ1n) is 11.9. The van der Waals surface area contributed by atoms with Crippen LogP contribution in [0.15, 0.2) is 16.8 Å². The van der Waals surface area contributed by atoms with Crippen molar-refractivity contribution >= 4 is 5.91 Å². The van der Waals surface area contributed by atoms with E-state index in [0.717, 1.165) is 65.1 Å². The number of rotatable bonds is 8. The van der Waals surface area contributed by atoms with Crippen molar-refractivity contribution in [2.45, 2.75) is 69.2 Å². The molecule has 1 saturated heterocycles. The van der Waals surface area contributed by atoms with E-state index < -0.39 is 5.92 Å². The third kappa shape index (κ3) is 4.81. The Hall–Kier alpha value is -2.36. The maximum absolute atomic E-state index is 13.5. The van der Waals surface area contributed by atoms with Crippen LogP contribution in [0.3, 0.4) is 0 Å². The van der Waals surface area contributed by atoms with Crippen molar-refractivity contribution in [3.63, 3.8) is 0 Å². The lowest BCUT2D eigenvalue weighted by Gasteiger charge is -2.30. The molecule has 0 radical (unpaired) electrons. The van der Waals surface area contributed by atoms with Crippen LogP contribution in [0.4, 0.5) is 8.78 Å². The van der Waals surface area contributed by atoms with Gasteiger partial charge >= 0.3 is 5.92 Å². The highest BCUT2D eigenvalue weighted by molar-refractivity contribution is 5.78. The van der Waals surface area contributed by atoms with Gasteiger partial charge in [0.2, 0.25) is 11.7 Å². The van der Waals surface area contributed by atoms with Crippen LogP contribution >= 0.6 is 0 Å². The highest BCUT2D eigenvalue weighted by Crippen LogP contribution is 2.59. The van der Waals surface area contributed by atoms with E-state index in [2.05, 4.69) is 25.6 Å². The summed E-state index contributed by atoms with van der Waals surface area (Å²) in [7, 11) is 1.74. The predicted molar refractivity (Wildman–Crippen MR) is 116 cm³/mol. The number of aryl methyl sites for hydroxylation is 1. The second-order valence-corrected chi connectivity index (χ2v) is 10.3. The first kappa shape index (κ1) is 22.4. The Kier molecular flexibility index (Phi) is 5.74. The number of nitrogens with one attached hydrogen (secondary N) is 1. The molecule has 1 amide bonds. The number of amides is 1. The number of piperidine rings is 1. The molecule has 3 fully saturated rings. The molecule has 33 heavy (non-hydrogen) atoms. The van der Waals surface area contributed by atoms with Crippen LogP contribution in [0.5, 0.6) is 0 Å². The number of aromatic nitrogens is 4. The van der Waals surface area contributed by atoms with Crippen LogP contribution in [0.1, 0.15) is 62.6 Å². The molecule has 1 N–H and O–H groups in total. The third-order valence-corrected chi connectivity index (χ3v) is 7.72. The van der Waals surface area contributed by atoms with Crippen LogP contribution in [0, 0.1) is 11.8 Å². The zero-order valence-corrected chi connectivity index (χ0v) is 19.3. The minimum Gasteiger partial charge on any atom is -0.355 e. The average molecular weight is 463 g/mol. The van der Waals surface area contributed by atoms with Gasteiger partial charge in [-0.25, -0.2) is 0 Å². The first-order chi connectivity index (χ1) is 15.7. The summed E-state index contributed by atoms with van der Waals surface area (Å²) in [6, 6.07) is 1.70. The van der Waals surface area contributed by atoms with Gasteiger partial charge in [-0.2, -0.15) is 23.8 Å². The molecule has 1 aliphatic heterocycles. The molecule has 0 bridgehead atoms. The van der Waals surface area contributed by atoms with E-state index in [9.17, 15) is 13.6 Å². The summed E-state index contributed by atoms with van der Waals surface area (Å²) in [6.45, 7) is 3.77. The summed E-state index contributed by atoms with van der Waals surface area (Å²) in [6.07, 6.45) is 8.32. The number of carbonyl (C=O) groups excluding carboxylic acids is 1. The molecule has 2 aliphatic carbocycles. The van der Waals surface area contributed by atoms with Crippen molar-refractivity contribution in [1.82, 2.24) is 30.4 Å². The van der Waals surface area contributed by atoms with Gasteiger partial charge in [0, 0.05) is 44.6 Å². The van der Waals surface area contributed by atoms with Gasteiger partial charge in [-0.3, -0.25) is 4.79 Å². The molecular weight excluding hydrogens is 430 g/mol. The van der Waals surface area contributed by atoms with Gasteiger partial charge in [0.05, 0.1) is 24.0 Å². The molecule has 2 saturated carbocycles. The van der Waals surface area contributed by atoms with E-state index in [-0.39, 0.29) is 29.5 Å². The molecule has 0 aromatic carbocycles. The van der Waals surface area contributed by atoms with Gasteiger partial charge in [-0.15, -0.1) is 0 Å². The van der Waals surface area contributed by atoms with Crippen molar-refractivity contribution < 1.29 is 18.1 Å². The van der Waals surface area contributed by atoms with Crippen LogP contribution in [-0.4, -0.2) is 56.6 Å². The van der Waals surface area contributed by atoms with Crippen LogP contribution in [-0.2, 0) is 29.6 Å². The normalized spacial score (nSPS) is 29.8. The zero-order chi connectivity index (χ0) is 23.2. The van der Waals surface area contributed by atoms with Crippen molar-refractivity contribution in [2.75, 3.05) is 19.6 Å². The predicted octanol–water partition coefficient (Wildman–Crippen LogP) is 2.80. The van der Waals surface area contributed by atoms with Gasteiger partial charge in [0.15, 0.2) is 0 Å². The van der Waals surface area contributed by atoms with Gasteiger partial charge in [0.1, 0.15) is 0 Å². The molecular formula is C23H32F2N6O2. The fourth-order valence-corrected chi connectivity index (χ4v) is 5.74. The SMILES string of the molecule is Cn1ncc(CC(=O)NC2CCC(CCN3C[C@@H]4C[C@]4(c4cc(C(C)(F)F)on4)C3)CC2)n1. The largest absolute Gasteiger partial charge is 0.355 e. The molecule has 0 unspecified atom stereocenters. The Balaban J connectivity index is 1.03. The van der Waals surface area contributed by atoms with Crippen LogP contribution < -0.4 is 5.32 Å². The highest BCUT2D eigenvalue weighted by atomic mass is 19.3. The smallest absolute Gasteiger partial charge is 0.304 e. The van der Waals surface area contributed by atoms with Gasteiger partial charge in [-0.1, -0.05) is 5.16 Å². The molecule has 3 aliphatic rings. The topological polar surface area (TPSA) is 89.1 Å². The van der Waals surface area contributed by atoms with Gasteiger partial charge in [-0.05, 0) is 56.9 Å². The van der Waals surface area contributed by atoms with E-state index >= 15 is 0 Å². The van der Waals surface area contributed by atoms with Gasteiger partial charge in [0.25, 0.3) is 0 Å². The van der Waals surface area contributed by atoms with Crippen molar-refractivity contribution in [2.24, 2.45) is 18.9 Å². The van der Waals surface area contributed by atoms with Crippen LogP contribution in [0.2, 0.25) is 0 Å². The Bertz CT molecular complexity index is 993.